The van der Waals surface area contributed by atoms with Gasteiger partial charge in [0.05, 0.1) is 5.02 Å². The molecule has 0 aliphatic heterocycles. The van der Waals surface area contributed by atoms with E-state index in [0.717, 1.165) is 17.3 Å². The first-order valence-corrected chi connectivity index (χ1v) is 7.66. The van der Waals surface area contributed by atoms with E-state index in [-0.39, 0.29) is 10.8 Å². The zero-order valence-electron chi connectivity index (χ0n) is 10.7. The number of hydrogen-bond donors (Lipinski definition) is 0. The van der Waals surface area contributed by atoms with Crippen LogP contribution in [0, 0.1) is 12.7 Å². The number of hydrogen-bond acceptors (Lipinski definition) is 0. The number of aryl methyl sites for hydroxylation is 1. The first-order chi connectivity index (χ1) is 9.10. The summed E-state index contributed by atoms with van der Waals surface area (Å²) in [5.41, 5.74) is 3.48. The van der Waals surface area contributed by atoms with Crippen molar-refractivity contribution < 1.29 is 4.39 Å². The topological polar surface area (TPSA) is 0 Å². The van der Waals surface area contributed by atoms with Gasteiger partial charge in [-0.25, -0.2) is 4.39 Å². The highest BCUT2D eigenvalue weighted by atomic mass is 79.9. The molecule has 1 atom stereocenters. The van der Waals surface area contributed by atoms with Gasteiger partial charge in [0.1, 0.15) is 5.82 Å². The summed E-state index contributed by atoms with van der Waals surface area (Å²) in [7, 11) is 0. The van der Waals surface area contributed by atoms with Crippen molar-refractivity contribution in [1.29, 1.82) is 0 Å². The van der Waals surface area contributed by atoms with Crippen LogP contribution in [0.5, 0.6) is 0 Å². The molecule has 0 aliphatic rings. The van der Waals surface area contributed by atoms with E-state index < -0.39 is 0 Å². The molecule has 0 fully saturated rings. The zero-order valence-corrected chi connectivity index (χ0v) is 13.0. The van der Waals surface area contributed by atoms with Crippen LogP contribution in [0.1, 0.15) is 22.6 Å². The molecule has 0 saturated carbocycles. The largest absolute Gasteiger partial charge is 0.205 e. The minimum Gasteiger partial charge on any atom is -0.205 e. The lowest BCUT2D eigenvalue weighted by Gasteiger charge is -2.15. The molecule has 0 N–H and O–H groups in total. The molecule has 0 heterocycles. The Hall–Kier alpha value is -0.860. The van der Waals surface area contributed by atoms with Crippen LogP contribution in [0.4, 0.5) is 4.39 Å². The second-order valence-corrected chi connectivity index (χ2v) is 5.77. The maximum Gasteiger partial charge on any atom is 0.142 e. The van der Waals surface area contributed by atoms with Gasteiger partial charge in [-0.15, -0.1) is 0 Å². The molecule has 2 aromatic rings. The zero-order chi connectivity index (χ0) is 13.8. The number of halogens is 3. The Balaban J connectivity index is 2.21. The van der Waals surface area contributed by atoms with Crippen LogP contribution in [0.2, 0.25) is 5.02 Å². The second kappa shape index (κ2) is 6.53. The molecular formula is C16H15BrClF. The van der Waals surface area contributed by atoms with Crippen molar-refractivity contribution in [3.8, 4) is 0 Å². The van der Waals surface area contributed by atoms with Crippen LogP contribution in [-0.2, 0) is 6.42 Å². The predicted molar refractivity (Wildman–Crippen MR) is 82.8 cm³/mol. The van der Waals surface area contributed by atoms with Gasteiger partial charge < -0.3 is 0 Å². The molecule has 2 aromatic carbocycles. The van der Waals surface area contributed by atoms with Gasteiger partial charge in [-0.2, -0.15) is 0 Å². The van der Waals surface area contributed by atoms with Crippen LogP contribution >= 0.6 is 27.5 Å². The number of rotatable bonds is 4. The van der Waals surface area contributed by atoms with Gasteiger partial charge in [-0.3, -0.25) is 0 Å². The fourth-order valence-corrected chi connectivity index (χ4v) is 2.86. The van der Waals surface area contributed by atoms with E-state index in [1.54, 1.807) is 6.07 Å². The summed E-state index contributed by atoms with van der Waals surface area (Å²) in [6, 6.07) is 13.5. The van der Waals surface area contributed by atoms with E-state index in [4.69, 9.17) is 11.6 Å². The second-order valence-electron chi connectivity index (χ2n) is 4.72. The summed E-state index contributed by atoms with van der Waals surface area (Å²) in [6.45, 7) is 2.08. The molecular weight excluding hydrogens is 327 g/mol. The molecule has 0 bridgehead atoms. The van der Waals surface area contributed by atoms with Crippen molar-refractivity contribution in [2.45, 2.75) is 19.3 Å². The lowest BCUT2D eigenvalue weighted by Crippen LogP contribution is -2.05. The predicted octanol–water partition coefficient (Wildman–Crippen LogP) is 5.51. The van der Waals surface area contributed by atoms with Gasteiger partial charge in [0, 0.05) is 5.33 Å². The summed E-state index contributed by atoms with van der Waals surface area (Å²) in [5.74, 6) is -0.0165. The van der Waals surface area contributed by atoms with Crippen molar-refractivity contribution in [3.05, 3.63) is 70.0 Å². The Kier molecular flexibility index (Phi) is 5.00. The minimum atomic E-state index is -0.350. The van der Waals surface area contributed by atoms with Gasteiger partial charge in [0.25, 0.3) is 0 Å². The molecule has 0 spiro atoms. The molecule has 0 aliphatic carbocycles. The van der Waals surface area contributed by atoms with Crippen LogP contribution in [-0.4, -0.2) is 5.33 Å². The fourth-order valence-electron chi connectivity index (χ4n) is 2.14. The Morgan fingerprint density at radius 1 is 1.21 bits per heavy atom. The van der Waals surface area contributed by atoms with Crippen LogP contribution < -0.4 is 0 Å². The van der Waals surface area contributed by atoms with Gasteiger partial charge in [0.2, 0.25) is 0 Å². The van der Waals surface area contributed by atoms with Crippen molar-refractivity contribution in [1.82, 2.24) is 0 Å². The van der Waals surface area contributed by atoms with Crippen LogP contribution in [0.25, 0.3) is 0 Å². The van der Waals surface area contributed by atoms with Gasteiger partial charge in [-0.1, -0.05) is 63.4 Å². The maximum atomic E-state index is 13.5. The summed E-state index contributed by atoms with van der Waals surface area (Å²) >= 11 is 9.25. The smallest absolute Gasteiger partial charge is 0.142 e. The molecule has 100 valence electrons. The van der Waals surface area contributed by atoms with Crippen molar-refractivity contribution in [2.24, 2.45) is 0 Å². The Labute approximate surface area is 126 Å². The summed E-state index contributed by atoms with van der Waals surface area (Å²) in [6.07, 6.45) is 0.794. The van der Waals surface area contributed by atoms with Crippen molar-refractivity contribution in [3.63, 3.8) is 0 Å². The van der Waals surface area contributed by atoms with E-state index in [9.17, 15) is 4.39 Å². The summed E-state index contributed by atoms with van der Waals surface area (Å²) in [5, 5.41) is 1.02. The molecule has 0 aromatic heterocycles. The number of alkyl halides is 1. The highest BCUT2D eigenvalue weighted by Crippen LogP contribution is 2.25. The highest BCUT2D eigenvalue weighted by molar-refractivity contribution is 9.09. The third kappa shape index (κ3) is 3.80. The first-order valence-electron chi connectivity index (χ1n) is 6.16. The van der Waals surface area contributed by atoms with E-state index in [2.05, 4.69) is 47.1 Å². The van der Waals surface area contributed by atoms with E-state index in [0.29, 0.717) is 5.92 Å². The molecule has 0 nitrogen and oxygen atoms in total. The lowest BCUT2D eigenvalue weighted by molar-refractivity contribution is 0.624. The summed E-state index contributed by atoms with van der Waals surface area (Å²) < 4.78 is 13.5. The molecule has 0 saturated heterocycles. The molecule has 3 heteroatoms. The average Bonchev–Trinajstić information content (AvgIpc) is 2.40. The quantitative estimate of drug-likeness (QED) is 0.643. The monoisotopic (exact) mass is 340 g/mol. The standard InChI is InChI=1S/C16H15BrClF/c1-11-3-2-4-13(7-11)14(10-17)8-12-5-6-15(18)16(19)9-12/h2-7,9,14H,8,10H2,1H3. The van der Waals surface area contributed by atoms with Crippen LogP contribution in [0.3, 0.4) is 0 Å². The van der Waals surface area contributed by atoms with E-state index >= 15 is 0 Å². The molecule has 19 heavy (non-hydrogen) atoms. The Bertz CT molecular complexity index is 568. The van der Waals surface area contributed by atoms with Gasteiger partial charge >= 0.3 is 0 Å². The molecule has 0 radical (unpaired) electrons. The molecule has 2 rings (SSSR count). The third-order valence-electron chi connectivity index (χ3n) is 3.17. The van der Waals surface area contributed by atoms with Crippen molar-refractivity contribution >= 4 is 27.5 Å². The Morgan fingerprint density at radius 3 is 2.63 bits per heavy atom. The summed E-state index contributed by atoms with van der Waals surface area (Å²) in [4.78, 5) is 0. The Morgan fingerprint density at radius 2 is 2.00 bits per heavy atom. The van der Waals surface area contributed by atoms with Crippen LogP contribution in [0.15, 0.2) is 42.5 Å². The van der Waals surface area contributed by atoms with E-state index in [1.165, 1.54) is 17.2 Å². The first kappa shape index (κ1) is 14.5. The van der Waals surface area contributed by atoms with E-state index in [1.807, 2.05) is 6.07 Å². The fraction of sp³-hybridized carbons (Fsp3) is 0.250. The van der Waals surface area contributed by atoms with Crippen molar-refractivity contribution in [2.75, 3.05) is 5.33 Å². The number of benzene rings is 2. The highest BCUT2D eigenvalue weighted by Gasteiger charge is 2.12. The molecule has 0 amide bonds. The lowest BCUT2D eigenvalue weighted by atomic mass is 9.93. The SMILES string of the molecule is Cc1cccc(C(CBr)Cc2ccc(Cl)c(F)c2)c1. The average molecular weight is 342 g/mol. The third-order valence-corrected chi connectivity index (χ3v) is 4.25. The minimum absolute atomic E-state index is 0.176. The normalized spacial score (nSPS) is 12.4. The van der Waals surface area contributed by atoms with Gasteiger partial charge in [-0.05, 0) is 42.5 Å². The van der Waals surface area contributed by atoms with Gasteiger partial charge in [0.15, 0.2) is 0 Å². The maximum absolute atomic E-state index is 13.5. The molecule has 1 unspecified atom stereocenters.